The Hall–Kier alpha value is -3.75. The summed E-state index contributed by atoms with van der Waals surface area (Å²) in [6, 6.07) is 17.5. The third kappa shape index (κ3) is 10.7. The van der Waals surface area contributed by atoms with Crippen LogP contribution in [0.1, 0.15) is 34.8 Å². The van der Waals surface area contributed by atoms with Gasteiger partial charge < -0.3 is 16.4 Å². The minimum atomic E-state index is -1.14. The van der Waals surface area contributed by atoms with E-state index in [-0.39, 0.29) is 6.13 Å². The lowest BCUT2D eigenvalue weighted by molar-refractivity contribution is -0.133. The molecule has 0 aliphatic carbocycles. The molecule has 0 radical (unpaired) electrons. The Balaban J connectivity index is 0. The number of hydrogen-bond acceptors (Lipinski definition) is 5. The molecule has 2 amide bonds. The second-order valence-corrected chi connectivity index (χ2v) is 8.98. The maximum absolute atomic E-state index is 12.1. The van der Waals surface area contributed by atoms with Crippen LogP contribution in [0, 0.1) is 41.5 Å². The first-order chi connectivity index (χ1) is 17.3. The monoisotopic (exact) mass is 567 g/mol. The average molecular weight is 569 g/mol. The van der Waals surface area contributed by atoms with E-state index in [1.54, 1.807) is 0 Å². The zero-order valence-corrected chi connectivity index (χ0v) is 23.6. The van der Waals surface area contributed by atoms with E-state index in [0.717, 1.165) is 39.1 Å². The Bertz CT molecular complexity index is 1180. The molecule has 0 fully saturated rings. The van der Waals surface area contributed by atoms with Gasteiger partial charge in [-0.3, -0.25) is 23.9 Å². The number of benzene rings is 3. The van der Waals surface area contributed by atoms with Gasteiger partial charge in [-0.05, 0) is 98.1 Å². The van der Waals surface area contributed by atoms with Crippen LogP contribution in [0.5, 0.6) is 0 Å². The first-order valence-corrected chi connectivity index (χ1v) is 12.0. The molecule has 0 unspecified atom stereocenters. The van der Waals surface area contributed by atoms with Crippen molar-refractivity contribution >= 4 is 62.6 Å². The molecule has 0 atom stereocenters. The van der Waals surface area contributed by atoms with E-state index in [9.17, 15) is 19.2 Å². The van der Waals surface area contributed by atoms with E-state index in [4.69, 9.17) is 5.73 Å². The van der Waals surface area contributed by atoms with E-state index >= 15 is 0 Å². The lowest BCUT2D eigenvalue weighted by Crippen LogP contribution is -2.30. The van der Waals surface area contributed by atoms with Gasteiger partial charge in [0, 0.05) is 18.5 Å². The molecule has 0 aliphatic heterocycles. The molecular weight excluding hydrogens is 532 g/mol. The highest BCUT2D eigenvalue weighted by Crippen LogP contribution is 2.21. The second kappa shape index (κ2) is 16.2. The summed E-state index contributed by atoms with van der Waals surface area (Å²) in [6.45, 7) is 11.6. The number of hydrogen-bond donors (Lipinski definition) is 3. The Morgan fingerprint density at radius 1 is 0.579 bits per heavy atom. The quantitative estimate of drug-likeness (QED) is 0.195. The van der Waals surface area contributed by atoms with Crippen LogP contribution in [0.4, 0.5) is 21.8 Å². The summed E-state index contributed by atoms with van der Waals surface area (Å²) in [6.07, 6.45) is 0. The third-order valence-electron chi connectivity index (χ3n) is 5.34. The molecule has 4 N–H and O–H groups in total. The average Bonchev–Trinajstić information content (AvgIpc) is 2.83. The van der Waals surface area contributed by atoms with Crippen molar-refractivity contribution in [3.8, 4) is 0 Å². The van der Waals surface area contributed by atoms with Gasteiger partial charge in [-0.25, -0.2) is 0 Å². The highest BCUT2D eigenvalue weighted by molar-refractivity contribution is 6.97. The summed E-state index contributed by atoms with van der Waals surface area (Å²) in [5.41, 5.74) is 14.0. The third-order valence-corrected chi connectivity index (χ3v) is 5.78. The molecule has 0 spiro atoms. The summed E-state index contributed by atoms with van der Waals surface area (Å²) in [5.74, 6) is -1.33. The van der Waals surface area contributed by atoms with Gasteiger partial charge in [0.15, 0.2) is 0 Å². The standard InChI is InChI=1S/C18H20N2O2.C8H11N.C2Cl2O2.FH.H2/c1-11-7-5-8-12(2)15(11)19-17(21)18(22)20-16-13(3)9-6-10-14(16)4;1-6-4-3-5-7(2)8(6)9;3-1(5)2(4)6;;/h5-10H,1-4H3,(H,19,21)(H,20,22);3-5H,9H2,1-2H3;;2*1H/i;;;;1+2. The molecular formula is C28H34Cl2FN3O4. The van der Waals surface area contributed by atoms with E-state index in [0.29, 0.717) is 11.4 Å². The van der Waals surface area contributed by atoms with Crippen molar-refractivity contribution in [2.75, 3.05) is 16.4 Å². The second-order valence-electron chi connectivity index (χ2n) is 8.29. The normalized spacial score (nSPS) is 9.37. The van der Waals surface area contributed by atoms with Crippen molar-refractivity contribution in [1.29, 1.82) is 0 Å². The molecule has 3 aromatic carbocycles. The summed E-state index contributed by atoms with van der Waals surface area (Å²) in [4.78, 5) is 43.1. The van der Waals surface area contributed by atoms with Gasteiger partial charge in [0.1, 0.15) is 0 Å². The number of aryl methyl sites for hydroxylation is 6. The molecule has 7 nitrogen and oxygen atoms in total. The number of carbonyl (C=O) groups excluding carboxylic acids is 4. The van der Waals surface area contributed by atoms with Crippen molar-refractivity contribution in [3.63, 3.8) is 0 Å². The number of carbonyl (C=O) groups is 4. The maximum atomic E-state index is 12.1. The fourth-order valence-corrected chi connectivity index (χ4v) is 3.19. The predicted molar refractivity (Wildman–Crippen MR) is 156 cm³/mol. The van der Waals surface area contributed by atoms with Crippen molar-refractivity contribution in [2.24, 2.45) is 0 Å². The van der Waals surface area contributed by atoms with Gasteiger partial charge in [-0.1, -0.05) is 54.6 Å². The Kier molecular flexibility index (Phi) is 14.6. The maximum Gasteiger partial charge on any atom is 0.314 e. The van der Waals surface area contributed by atoms with Gasteiger partial charge in [0.25, 0.3) is 0 Å². The number of rotatable bonds is 3. The molecule has 0 saturated heterocycles. The first kappa shape index (κ1) is 34.2. The summed E-state index contributed by atoms with van der Waals surface area (Å²) >= 11 is 8.98. The SMILES string of the molecule is Cc1cccc(C)c1N.Cc1cccc(C)c1NC(=O)C(=O)Nc1c(C)cccc1C.F.O=C(Cl)C(=O)Cl.[3HH]. The number of nitrogens with one attached hydrogen (secondary N) is 2. The number of amides is 2. The van der Waals surface area contributed by atoms with Crippen LogP contribution in [0.25, 0.3) is 0 Å². The van der Waals surface area contributed by atoms with Crippen molar-refractivity contribution < 1.29 is 25.3 Å². The van der Waals surface area contributed by atoms with Crippen LogP contribution in [0.3, 0.4) is 0 Å². The smallest absolute Gasteiger partial charge is 0.314 e. The molecule has 0 aliphatic rings. The van der Waals surface area contributed by atoms with Crippen LogP contribution >= 0.6 is 23.2 Å². The van der Waals surface area contributed by atoms with Gasteiger partial charge >= 0.3 is 22.3 Å². The lowest BCUT2D eigenvalue weighted by atomic mass is 10.1. The zero-order valence-electron chi connectivity index (χ0n) is 22.1. The van der Waals surface area contributed by atoms with Gasteiger partial charge in [-0.15, -0.1) is 0 Å². The first-order valence-electron chi connectivity index (χ1n) is 11.2. The van der Waals surface area contributed by atoms with Crippen LogP contribution in [-0.4, -0.2) is 22.3 Å². The minimum absolute atomic E-state index is 0. The molecule has 38 heavy (non-hydrogen) atoms. The number of para-hydroxylation sites is 3. The number of halogens is 3. The topological polar surface area (TPSA) is 118 Å². The van der Waals surface area contributed by atoms with Crippen molar-refractivity contribution in [2.45, 2.75) is 41.5 Å². The number of anilines is 3. The van der Waals surface area contributed by atoms with E-state index in [1.807, 2.05) is 96.1 Å². The van der Waals surface area contributed by atoms with Crippen molar-refractivity contribution in [3.05, 3.63) is 88.0 Å². The Morgan fingerprint density at radius 2 is 0.816 bits per heavy atom. The molecule has 3 aromatic rings. The Morgan fingerprint density at radius 3 is 1.03 bits per heavy atom. The Labute approximate surface area is 233 Å². The summed E-state index contributed by atoms with van der Waals surface area (Å²) in [5, 5.41) is 3.09. The fourth-order valence-electron chi connectivity index (χ4n) is 3.19. The summed E-state index contributed by atoms with van der Waals surface area (Å²) in [7, 11) is 0. The van der Waals surface area contributed by atoms with Crippen LogP contribution in [0.2, 0.25) is 0 Å². The molecule has 3 rings (SSSR count). The van der Waals surface area contributed by atoms with Gasteiger partial charge in [0.2, 0.25) is 0 Å². The van der Waals surface area contributed by atoms with Crippen LogP contribution < -0.4 is 16.4 Å². The zero-order chi connectivity index (χ0) is 28.3. The van der Waals surface area contributed by atoms with E-state index in [1.165, 1.54) is 0 Å². The van der Waals surface area contributed by atoms with Crippen molar-refractivity contribution in [1.82, 2.24) is 0 Å². The van der Waals surface area contributed by atoms with Crippen LogP contribution in [-0.2, 0) is 19.2 Å². The molecule has 0 heterocycles. The fraction of sp³-hybridized carbons (Fsp3) is 0.214. The van der Waals surface area contributed by atoms with E-state index < -0.39 is 22.3 Å². The highest BCUT2D eigenvalue weighted by Gasteiger charge is 2.17. The molecule has 0 saturated carbocycles. The molecule has 10 heteroatoms. The highest BCUT2D eigenvalue weighted by atomic mass is 35.5. The van der Waals surface area contributed by atoms with Crippen LogP contribution in [0.15, 0.2) is 54.6 Å². The number of nitrogen functional groups attached to an aromatic ring is 1. The molecule has 206 valence electrons. The lowest BCUT2D eigenvalue weighted by Gasteiger charge is -2.13. The van der Waals surface area contributed by atoms with Gasteiger partial charge in [-0.2, -0.15) is 0 Å². The largest absolute Gasteiger partial charge is 0.398 e. The number of nitrogens with two attached hydrogens (primary N) is 1. The minimum Gasteiger partial charge on any atom is -0.398 e. The molecule has 0 bridgehead atoms. The predicted octanol–water partition coefficient (Wildman–Crippen LogP) is 6.30. The molecule has 0 aromatic heterocycles. The summed E-state index contributed by atoms with van der Waals surface area (Å²) < 4.78 is 0. The van der Waals surface area contributed by atoms with Gasteiger partial charge in [0.05, 0.1) is 0 Å². The van der Waals surface area contributed by atoms with E-state index in [2.05, 4.69) is 33.8 Å².